The van der Waals surface area contributed by atoms with Gasteiger partial charge in [0.2, 0.25) is 10.0 Å². The van der Waals surface area contributed by atoms with Crippen molar-refractivity contribution in [2.45, 2.75) is 23.8 Å². The Morgan fingerprint density at radius 2 is 2.00 bits per heavy atom. The van der Waals surface area contributed by atoms with Crippen LogP contribution in [0.3, 0.4) is 0 Å². The predicted molar refractivity (Wildman–Crippen MR) is 72.1 cm³/mol. The van der Waals surface area contributed by atoms with Crippen LogP contribution < -0.4 is 0 Å². The number of hydrogen-bond acceptors (Lipinski definition) is 4. The van der Waals surface area contributed by atoms with E-state index in [0.717, 1.165) is 22.5 Å². The second-order valence-corrected chi connectivity index (χ2v) is 6.78. The van der Waals surface area contributed by atoms with Crippen LogP contribution in [0.5, 0.6) is 0 Å². The van der Waals surface area contributed by atoms with Crippen LogP contribution >= 0.6 is 0 Å². The molecule has 0 spiro atoms. The van der Waals surface area contributed by atoms with E-state index in [1.54, 1.807) is 0 Å². The van der Waals surface area contributed by atoms with Crippen LogP contribution in [0.4, 0.5) is 4.39 Å². The first-order valence-corrected chi connectivity index (χ1v) is 7.86. The zero-order chi connectivity index (χ0) is 15.6. The summed E-state index contributed by atoms with van der Waals surface area (Å²) < 4.78 is 44.8. The molecular weight excluding hydrogens is 301 g/mol. The summed E-state index contributed by atoms with van der Waals surface area (Å²) in [6.45, 7) is 0.888. The van der Waals surface area contributed by atoms with Crippen molar-refractivity contribution in [3.05, 3.63) is 29.6 Å². The molecule has 0 unspecified atom stereocenters. The molecule has 0 aliphatic carbocycles. The standard InChI is InChI=1S/C13H16FNO5S/c1-15(10-4-6-20-7-5-10)21(18,19)12-8-9(14)2-3-11(12)13(16)17/h2-3,8,10H,4-7H2,1H3,(H,16,17). The predicted octanol–water partition coefficient (Wildman–Crippen LogP) is 1.32. The molecule has 1 heterocycles. The minimum Gasteiger partial charge on any atom is -0.478 e. The fraction of sp³-hybridized carbons (Fsp3) is 0.462. The van der Waals surface area contributed by atoms with Gasteiger partial charge in [-0.1, -0.05) is 0 Å². The first-order valence-electron chi connectivity index (χ1n) is 6.42. The van der Waals surface area contributed by atoms with E-state index in [4.69, 9.17) is 9.84 Å². The Bertz CT molecular complexity index is 640. The van der Waals surface area contributed by atoms with Crippen molar-refractivity contribution in [2.24, 2.45) is 0 Å². The van der Waals surface area contributed by atoms with Crippen molar-refractivity contribution in [3.8, 4) is 0 Å². The second-order valence-electron chi connectivity index (χ2n) is 4.81. The number of carboxylic acids is 1. The first-order chi connectivity index (χ1) is 9.84. The summed E-state index contributed by atoms with van der Waals surface area (Å²) in [5.74, 6) is -2.20. The van der Waals surface area contributed by atoms with E-state index in [1.807, 2.05) is 0 Å². The third kappa shape index (κ3) is 3.22. The van der Waals surface area contributed by atoms with Gasteiger partial charge in [0.05, 0.1) is 10.5 Å². The van der Waals surface area contributed by atoms with E-state index in [-0.39, 0.29) is 6.04 Å². The average Bonchev–Trinajstić information content (AvgIpc) is 2.47. The summed E-state index contributed by atoms with van der Waals surface area (Å²) in [5.41, 5.74) is -0.435. The molecule has 1 saturated heterocycles. The first kappa shape index (κ1) is 15.9. The molecule has 0 amide bonds. The topological polar surface area (TPSA) is 83.9 Å². The molecule has 1 N–H and O–H groups in total. The van der Waals surface area contributed by atoms with Crippen LogP contribution in [-0.4, -0.2) is 50.1 Å². The number of nitrogens with zero attached hydrogens (tertiary/aromatic N) is 1. The minimum absolute atomic E-state index is 0.284. The van der Waals surface area contributed by atoms with Gasteiger partial charge < -0.3 is 9.84 Å². The highest BCUT2D eigenvalue weighted by molar-refractivity contribution is 7.89. The molecule has 2 rings (SSSR count). The van der Waals surface area contributed by atoms with Gasteiger partial charge in [-0.2, -0.15) is 4.31 Å². The third-order valence-corrected chi connectivity index (χ3v) is 5.49. The smallest absolute Gasteiger partial charge is 0.337 e. The Balaban J connectivity index is 2.43. The maximum Gasteiger partial charge on any atom is 0.337 e. The van der Waals surface area contributed by atoms with Crippen LogP contribution in [0.1, 0.15) is 23.2 Å². The molecule has 0 bridgehead atoms. The molecule has 1 aliphatic rings. The van der Waals surface area contributed by atoms with Gasteiger partial charge in [0, 0.05) is 26.3 Å². The van der Waals surface area contributed by atoms with Crippen LogP contribution in [0.25, 0.3) is 0 Å². The van der Waals surface area contributed by atoms with Gasteiger partial charge in [0.15, 0.2) is 0 Å². The number of carbonyl (C=O) groups is 1. The molecule has 116 valence electrons. The summed E-state index contributed by atoms with van der Waals surface area (Å²) >= 11 is 0. The lowest BCUT2D eigenvalue weighted by atomic mass is 10.1. The largest absolute Gasteiger partial charge is 0.478 e. The number of hydrogen-bond donors (Lipinski definition) is 1. The van der Waals surface area contributed by atoms with Crippen LogP contribution in [0.2, 0.25) is 0 Å². The van der Waals surface area contributed by atoms with Crippen molar-refractivity contribution < 1.29 is 27.4 Å². The van der Waals surface area contributed by atoms with Crippen molar-refractivity contribution in [3.63, 3.8) is 0 Å². The Labute approximate surface area is 122 Å². The molecule has 8 heteroatoms. The highest BCUT2D eigenvalue weighted by Gasteiger charge is 2.32. The molecule has 1 fully saturated rings. The van der Waals surface area contributed by atoms with Gasteiger partial charge in [0.25, 0.3) is 0 Å². The van der Waals surface area contributed by atoms with Crippen LogP contribution in [-0.2, 0) is 14.8 Å². The number of sulfonamides is 1. The van der Waals surface area contributed by atoms with Crippen LogP contribution in [0, 0.1) is 5.82 Å². The average molecular weight is 317 g/mol. The normalized spacial score (nSPS) is 17.1. The number of carboxylic acid groups (broad SMARTS) is 1. The molecule has 21 heavy (non-hydrogen) atoms. The Morgan fingerprint density at radius 3 is 2.57 bits per heavy atom. The number of benzene rings is 1. The third-order valence-electron chi connectivity index (χ3n) is 3.54. The molecule has 6 nitrogen and oxygen atoms in total. The minimum atomic E-state index is -4.08. The maximum atomic E-state index is 13.4. The highest BCUT2D eigenvalue weighted by Crippen LogP contribution is 2.25. The van der Waals surface area contributed by atoms with Crippen molar-refractivity contribution >= 4 is 16.0 Å². The summed E-state index contributed by atoms with van der Waals surface area (Å²) in [4.78, 5) is 10.6. The van der Waals surface area contributed by atoms with E-state index in [0.29, 0.717) is 26.1 Å². The fourth-order valence-electron chi connectivity index (χ4n) is 2.29. The molecule has 0 radical (unpaired) electrons. The van der Waals surface area contributed by atoms with Crippen LogP contribution in [0.15, 0.2) is 23.1 Å². The quantitative estimate of drug-likeness (QED) is 0.905. The Morgan fingerprint density at radius 1 is 1.38 bits per heavy atom. The zero-order valence-corrected chi connectivity index (χ0v) is 12.3. The summed E-state index contributed by atoms with van der Waals surface area (Å²) in [5, 5.41) is 9.09. The number of rotatable bonds is 4. The zero-order valence-electron chi connectivity index (χ0n) is 11.5. The molecule has 0 saturated carbocycles. The monoisotopic (exact) mass is 317 g/mol. The number of aromatic carboxylic acids is 1. The molecule has 1 aliphatic heterocycles. The number of halogens is 1. The molecule has 0 aromatic heterocycles. The Kier molecular flexibility index (Phi) is 4.60. The van der Waals surface area contributed by atoms with Gasteiger partial charge in [-0.05, 0) is 31.0 Å². The molecule has 0 atom stereocenters. The maximum absolute atomic E-state index is 13.4. The van der Waals surface area contributed by atoms with Crippen molar-refractivity contribution in [2.75, 3.05) is 20.3 Å². The SMILES string of the molecule is CN(C1CCOCC1)S(=O)(=O)c1cc(F)ccc1C(=O)O. The summed E-state index contributed by atoms with van der Waals surface area (Å²) in [6.07, 6.45) is 1.04. The lowest BCUT2D eigenvalue weighted by Crippen LogP contribution is -2.41. The lowest BCUT2D eigenvalue weighted by molar-refractivity contribution is 0.0629. The highest BCUT2D eigenvalue weighted by atomic mass is 32.2. The lowest BCUT2D eigenvalue weighted by Gasteiger charge is -2.30. The van der Waals surface area contributed by atoms with Gasteiger partial charge >= 0.3 is 5.97 Å². The van der Waals surface area contributed by atoms with Gasteiger partial charge in [-0.3, -0.25) is 0 Å². The Hall–Kier alpha value is -1.51. The summed E-state index contributed by atoms with van der Waals surface area (Å²) in [6, 6.07) is 2.35. The van der Waals surface area contributed by atoms with Crippen molar-refractivity contribution in [1.82, 2.24) is 4.31 Å². The summed E-state index contributed by atoms with van der Waals surface area (Å²) in [7, 11) is -2.70. The van der Waals surface area contributed by atoms with Gasteiger partial charge in [-0.25, -0.2) is 17.6 Å². The van der Waals surface area contributed by atoms with E-state index >= 15 is 0 Å². The van der Waals surface area contributed by atoms with Crippen molar-refractivity contribution in [1.29, 1.82) is 0 Å². The molecular formula is C13H16FNO5S. The second kappa shape index (κ2) is 6.08. The van der Waals surface area contributed by atoms with E-state index < -0.39 is 32.3 Å². The molecule has 1 aromatic rings. The van der Waals surface area contributed by atoms with E-state index in [1.165, 1.54) is 7.05 Å². The van der Waals surface area contributed by atoms with E-state index in [2.05, 4.69) is 0 Å². The fourth-order valence-corrected chi connectivity index (χ4v) is 3.89. The van der Waals surface area contributed by atoms with Gasteiger partial charge in [-0.15, -0.1) is 0 Å². The molecule has 1 aromatic carbocycles. The van der Waals surface area contributed by atoms with Gasteiger partial charge in [0.1, 0.15) is 5.82 Å². The number of ether oxygens (including phenoxy) is 1. The van der Waals surface area contributed by atoms with E-state index in [9.17, 15) is 17.6 Å².